The summed E-state index contributed by atoms with van der Waals surface area (Å²) < 4.78 is 0. The molecule has 1 atom stereocenters. The maximum absolute atomic E-state index is 6.01. The Balaban J connectivity index is 1.60. The fourth-order valence-corrected chi connectivity index (χ4v) is 3.29. The highest BCUT2D eigenvalue weighted by Crippen LogP contribution is 2.42. The number of hydrogen-bond donors (Lipinski definition) is 2. The van der Waals surface area contributed by atoms with Crippen molar-refractivity contribution in [2.75, 3.05) is 13.1 Å². The first-order valence-electron chi connectivity index (χ1n) is 8.08. The van der Waals surface area contributed by atoms with E-state index in [9.17, 15) is 0 Å². The van der Waals surface area contributed by atoms with E-state index in [0.29, 0.717) is 12.6 Å². The molecule has 0 amide bonds. The van der Waals surface area contributed by atoms with E-state index in [-0.39, 0.29) is 0 Å². The van der Waals surface area contributed by atoms with Gasteiger partial charge in [0.25, 0.3) is 0 Å². The van der Waals surface area contributed by atoms with Crippen LogP contribution >= 0.6 is 0 Å². The van der Waals surface area contributed by atoms with Crippen LogP contribution in [0.4, 0.5) is 0 Å². The highest BCUT2D eigenvalue weighted by Gasteiger charge is 2.27. The molecule has 1 fully saturated rings. The summed E-state index contributed by atoms with van der Waals surface area (Å²) in [5.74, 6) is 0.791. The topological polar surface area (TPSA) is 38.0 Å². The van der Waals surface area contributed by atoms with Crippen LogP contribution in [0, 0.1) is 0 Å². The Morgan fingerprint density at radius 3 is 2.80 bits per heavy atom. The minimum atomic E-state index is 0.314. The first-order chi connectivity index (χ1) is 9.88. The third kappa shape index (κ3) is 3.31. The van der Waals surface area contributed by atoms with E-state index in [1.807, 2.05) is 0 Å². The third-order valence-corrected chi connectivity index (χ3v) is 4.60. The molecule has 108 valence electrons. The second kappa shape index (κ2) is 6.55. The van der Waals surface area contributed by atoms with Crippen LogP contribution in [-0.4, -0.2) is 13.1 Å². The van der Waals surface area contributed by atoms with Gasteiger partial charge in [0.1, 0.15) is 0 Å². The Morgan fingerprint density at radius 1 is 1.25 bits per heavy atom. The summed E-state index contributed by atoms with van der Waals surface area (Å²) in [6, 6.07) is 9.16. The fourth-order valence-electron chi connectivity index (χ4n) is 3.29. The number of hydrogen-bond acceptors (Lipinski definition) is 2. The van der Waals surface area contributed by atoms with Crippen molar-refractivity contribution in [2.45, 2.75) is 50.5 Å². The van der Waals surface area contributed by atoms with Crippen LogP contribution in [0.25, 0.3) is 0 Å². The second-order valence-corrected chi connectivity index (χ2v) is 6.15. The predicted octanol–water partition coefficient (Wildman–Crippen LogP) is 3.65. The molecule has 2 heteroatoms. The Bertz CT molecular complexity index is 474. The smallest absolute Gasteiger partial charge is 0.0447 e. The van der Waals surface area contributed by atoms with E-state index in [1.165, 1.54) is 49.7 Å². The maximum atomic E-state index is 6.01. The van der Waals surface area contributed by atoms with E-state index in [2.05, 4.69) is 35.7 Å². The van der Waals surface area contributed by atoms with Gasteiger partial charge in [-0.25, -0.2) is 0 Å². The number of rotatable bonds is 7. The Labute approximate surface area is 122 Å². The molecular formula is C18H26N2. The molecule has 2 aliphatic rings. The average Bonchev–Trinajstić information content (AvgIpc) is 3.21. The van der Waals surface area contributed by atoms with Gasteiger partial charge in [-0.1, -0.05) is 35.9 Å². The molecule has 1 saturated carbocycles. The molecule has 1 aromatic rings. The zero-order valence-electron chi connectivity index (χ0n) is 12.3. The minimum absolute atomic E-state index is 0.314. The van der Waals surface area contributed by atoms with Gasteiger partial charge in [0.2, 0.25) is 0 Å². The SMILES string of the molecule is NCC(NCCC1=CCCC1)c1ccccc1C1CC1. The molecule has 1 unspecified atom stereocenters. The summed E-state index contributed by atoms with van der Waals surface area (Å²) in [6.45, 7) is 1.73. The fraction of sp³-hybridized carbons (Fsp3) is 0.556. The summed E-state index contributed by atoms with van der Waals surface area (Å²) in [6.07, 6.45) is 10.2. The molecule has 0 spiro atoms. The second-order valence-electron chi connectivity index (χ2n) is 6.15. The molecule has 3 N–H and O–H groups in total. The molecule has 0 aromatic heterocycles. The van der Waals surface area contributed by atoms with Crippen molar-refractivity contribution in [2.24, 2.45) is 5.73 Å². The van der Waals surface area contributed by atoms with Crippen molar-refractivity contribution >= 4 is 0 Å². The Kier molecular flexibility index (Phi) is 4.54. The van der Waals surface area contributed by atoms with Crippen LogP contribution in [0.2, 0.25) is 0 Å². The normalized spacial score (nSPS) is 19.9. The lowest BCUT2D eigenvalue weighted by Crippen LogP contribution is -2.30. The molecule has 2 aliphatic carbocycles. The largest absolute Gasteiger partial charge is 0.329 e. The summed E-state index contributed by atoms with van der Waals surface area (Å²) >= 11 is 0. The van der Waals surface area contributed by atoms with Crippen LogP contribution in [0.3, 0.4) is 0 Å². The average molecular weight is 270 g/mol. The highest BCUT2D eigenvalue weighted by atomic mass is 14.9. The first-order valence-corrected chi connectivity index (χ1v) is 8.08. The van der Waals surface area contributed by atoms with Crippen molar-refractivity contribution in [1.29, 1.82) is 0 Å². The van der Waals surface area contributed by atoms with Gasteiger partial charge < -0.3 is 11.1 Å². The number of benzene rings is 1. The van der Waals surface area contributed by atoms with E-state index in [0.717, 1.165) is 12.5 Å². The van der Waals surface area contributed by atoms with E-state index >= 15 is 0 Å². The lowest BCUT2D eigenvalue weighted by atomic mass is 9.97. The van der Waals surface area contributed by atoms with Gasteiger partial charge in [0.15, 0.2) is 0 Å². The van der Waals surface area contributed by atoms with E-state index in [1.54, 1.807) is 5.57 Å². The molecule has 1 aromatic carbocycles. The molecule has 0 bridgehead atoms. The van der Waals surface area contributed by atoms with Crippen molar-refractivity contribution in [3.63, 3.8) is 0 Å². The van der Waals surface area contributed by atoms with Gasteiger partial charge >= 0.3 is 0 Å². The van der Waals surface area contributed by atoms with Crippen LogP contribution in [0.15, 0.2) is 35.9 Å². The first kappa shape index (κ1) is 13.8. The molecule has 3 rings (SSSR count). The molecule has 20 heavy (non-hydrogen) atoms. The molecular weight excluding hydrogens is 244 g/mol. The Hall–Kier alpha value is -1.12. The number of nitrogens with two attached hydrogens (primary N) is 1. The van der Waals surface area contributed by atoms with Crippen LogP contribution in [0.1, 0.15) is 61.6 Å². The quantitative estimate of drug-likeness (QED) is 0.742. The van der Waals surface area contributed by atoms with Crippen LogP contribution in [0.5, 0.6) is 0 Å². The molecule has 0 aliphatic heterocycles. The van der Waals surface area contributed by atoms with Gasteiger partial charge in [0.05, 0.1) is 0 Å². The maximum Gasteiger partial charge on any atom is 0.0447 e. The van der Waals surface area contributed by atoms with E-state index in [4.69, 9.17) is 5.73 Å². The number of nitrogens with one attached hydrogen (secondary N) is 1. The van der Waals surface area contributed by atoms with Crippen molar-refractivity contribution < 1.29 is 0 Å². The number of allylic oxidation sites excluding steroid dienone is 1. The molecule has 0 saturated heterocycles. The third-order valence-electron chi connectivity index (χ3n) is 4.60. The van der Waals surface area contributed by atoms with Gasteiger partial charge in [-0.15, -0.1) is 0 Å². The Morgan fingerprint density at radius 2 is 2.10 bits per heavy atom. The van der Waals surface area contributed by atoms with E-state index < -0.39 is 0 Å². The summed E-state index contributed by atoms with van der Waals surface area (Å²) in [5, 5.41) is 3.67. The summed E-state index contributed by atoms with van der Waals surface area (Å²) in [4.78, 5) is 0. The van der Waals surface area contributed by atoms with Crippen molar-refractivity contribution in [1.82, 2.24) is 5.32 Å². The highest BCUT2D eigenvalue weighted by molar-refractivity contribution is 5.35. The lowest BCUT2D eigenvalue weighted by molar-refractivity contribution is 0.538. The summed E-state index contributed by atoms with van der Waals surface area (Å²) in [5.41, 5.74) is 10.6. The molecule has 2 nitrogen and oxygen atoms in total. The monoisotopic (exact) mass is 270 g/mol. The molecule has 0 heterocycles. The van der Waals surface area contributed by atoms with Crippen LogP contribution in [-0.2, 0) is 0 Å². The van der Waals surface area contributed by atoms with Crippen molar-refractivity contribution in [3.8, 4) is 0 Å². The minimum Gasteiger partial charge on any atom is -0.329 e. The summed E-state index contributed by atoms with van der Waals surface area (Å²) in [7, 11) is 0. The zero-order chi connectivity index (χ0) is 13.8. The van der Waals surface area contributed by atoms with Gasteiger partial charge in [0, 0.05) is 12.6 Å². The van der Waals surface area contributed by atoms with Gasteiger partial charge in [-0.05, 0) is 62.1 Å². The molecule has 0 radical (unpaired) electrons. The lowest BCUT2D eigenvalue weighted by Gasteiger charge is -2.20. The standard InChI is InChI=1S/C18H26N2/c19-13-18(20-12-11-14-5-1-2-6-14)17-8-4-3-7-16(17)15-9-10-15/h3-5,7-8,15,18,20H,1-2,6,9-13,19H2. The van der Waals surface area contributed by atoms with Gasteiger partial charge in [-0.2, -0.15) is 0 Å². The van der Waals surface area contributed by atoms with Crippen molar-refractivity contribution in [3.05, 3.63) is 47.0 Å². The zero-order valence-corrected chi connectivity index (χ0v) is 12.3. The predicted molar refractivity (Wildman–Crippen MR) is 84.8 cm³/mol. The van der Waals surface area contributed by atoms with Gasteiger partial charge in [-0.3, -0.25) is 0 Å². The van der Waals surface area contributed by atoms with Crippen LogP contribution < -0.4 is 11.1 Å².